The van der Waals surface area contributed by atoms with Gasteiger partial charge in [-0.25, -0.2) is 0 Å². The lowest BCUT2D eigenvalue weighted by molar-refractivity contribution is 0.664. The van der Waals surface area contributed by atoms with E-state index in [-0.39, 0.29) is 6.04 Å². The summed E-state index contributed by atoms with van der Waals surface area (Å²) in [4.78, 5) is 4.46. The lowest BCUT2D eigenvalue weighted by Crippen LogP contribution is -2.20. The molecule has 2 nitrogen and oxygen atoms in total. The summed E-state index contributed by atoms with van der Waals surface area (Å²) >= 11 is 3.56. The van der Waals surface area contributed by atoms with Gasteiger partial charge in [-0.2, -0.15) is 0 Å². The third-order valence-electron chi connectivity index (χ3n) is 2.85. The fourth-order valence-electron chi connectivity index (χ4n) is 1.96. The molecule has 1 heterocycles. The maximum Gasteiger partial charge on any atom is 0.0763 e. The Morgan fingerprint density at radius 3 is 2.59 bits per heavy atom. The summed E-state index contributed by atoms with van der Waals surface area (Å²) in [5.41, 5.74) is 3.54. The summed E-state index contributed by atoms with van der Waals surface area (Å²) < 4.78 is 1.03. The molecule has 0 aliphatic carbocycles. The molecule has 0 saturated carbocycles. The van der Waals surface area contributed by atoms with Gasteiger partial charge in [0.25, 0.3) is 0 Å². The normalized spacial score (nSPS) is 12.4. The molecule has 2 aromatic rings. The summed E-state index contributed by atoms with van der Waals surface area (Å²) in [5.74, 6) is 0. The van der Waals surface area contributed by atoms with Crippen molar-refractivity contribution < 1.29 is 0 Å². The van der Waals surface area contributed by atoms with Crippen LogP contribution in [0.5, 0.6) is 0 Å². The minimum atomic E-state index is 0.117. The van der Waals surface area contributed by atoms with E-state index in [0.29, 0.717) is 0 Å². The van der Waals surface area contributed by atoms with Crippen LogP contribution in [0.25, 0.3) is 0 Å². The average molecular weight is 291 g/mol. The van der Waals surface area contributed by atoms with E-state index < -0.39 is 0 Å². The molecule has 0 aliphatic heterocycles. The van der Waals surface area contributed by atoms with Crippen molar-refractivity contribution in [3.8, 4) is 0 Å². The molecule has 1 N–H and O–H groups in total. The van der Waals surface area contributed by atoms with Crippen LogP contribution in [0.3, 0.4) is 0 Å². The van der Waals surface area contributed by atoms with Gasteiger partial charge >= 0.3 is 0 Å². The van der Waals surface area contributed by atoms with E-state index in [1.807, 2.05) is 25.4 Å². The third kappa shape index (κ3) is 2.56. The molecule has 0 bridgehead atoms. The van der Waals surface area contributed by atoms with Gasteiger partial charge in [-0.3, -0.25) is 4.98 Å². The molecular formula is C14H15BrN2. The minimum Gasteiger partial charge on any atom is -0.308 e. The van der Waals surface area contributed by atoms with Crippen LogP contribution >= 0.6 is 15.9 Å². The summed E-state index contributed by atoms with van der Waals surface area (Å²) in [5, 5.41) is 3.32. The Labute approximate surface area is 110 Å². The smallest absolute Gasteiger partial charge is 0.0763 e. The SMILES string of the molecule is CNC(c1ccccc1C)c1ncccc1Br. The molecule has 3 heteroatoms. The van der Waals surface area contributed by atoms with Crippen molar-refractivity contribution in [3.63, 3.8) is 0 Å². The highest BCUT2D eigenvalue weighted by Crippen LogP contribution is 2.27. The van der Waals surface area contributed by atoms with Crippen LogP contribution in [0, 0.1) is 6.92 Å². The fraction of sp³-hybridized carbons (Fsp3) is 0.214. The van der Waals surface area contributed by atoms with Crippen molar-refractivity contribution in [2.24, 2.45) is 0 Å². The van der Waals surface area contributed by atoms with E-state index in [1.165, 1.54) is 11.1 Å². The molecule has 0 fully saturated rings. The van der Waals surface area contributed by atoms with Crippen LogP contribution in [-0.4, -0.2) is 12.0 Å². The standard InChI is InChI=1S/C14H15BrN2/c1-10-6-3-4-7-11(10)13(16-2)14-12(15)8-5-9-17-14/h3-9,13,16H,1-2H3. The highest BCUT2D eigenvalue weighted by molar-refractivity contribution is 9.10. The second-order valence-electron chi connectivity index (χ2n) is 3.95. The molecule has 0 spiro atoms. The van der Waals surface area contributed by atoms with Crippen LogP contribution in [-0.2, 0) is 0 Å². The van der Waals surface area contributed by atoms with Crippen molar-refractivity contribution >= 4 is 15.9 Å². The highest BCUT2D eigenvalue weighted by Gasteiger charge is 2.17. The number of pyridine rings is 1. The average Bonchev–Trinajstić information content (AvgIpc) is 2.34. The Morgan fingerprint density at radius 1 is 1.18 bits per heavy atom. The molecule has 1 atom stereocenters. The van der Waals surface area contributed by atoms with E-state index in [4.69, 9.17) is 0 Å². The van der Waals surface area contributed by atoms with E-state index in [0.717, 1.165) is 10.2 Å². The Balaban J connectivity index is 2.48. The van der Waals surface area contributed by atoms with Crippen LogP contribution < -0.4 is 5.32 Å². The Morgan fingerprint density at radius 2 is 1.94 bits per heavy atom. The van der Waals surface area contributed by atoms with Gasteiger partial charge < -0.3 is 5.32 Å². The minimum absolute atomic E-state index is 0.117. The zero-order chi connectivity index (χ0) is 12.3. The van der Waals surface area contributed by atoms with Gasteiger partial charge in [0.15, 0.2) is 0 Å². The Bertz CT molecular complexity index is 466. The predicted molar refractivity (Wildman–Crippen MR) is 74.0 cm³/mol. The van der Waals surface area contributed by atoms with Crippen molar-refractivity contribution in [1.29, 1.82) is 0 Å². The lowest BCUT2D eigenvalue weighted by atomic mass is 9.98. The summed E-state index contributed by atoms with van der Waals surface area (Å²) in [6.07, 6.45) is 1.82. The van der Waals surface area contributed by atoms with Gasteiger partial charge in [0.05, 0.1) is 11.7 Å². The predicted octanol–water partition coefficient (Wildman–Crippen LogP) is 3.46. The van der Waals surface area contributed by atoms with E-state index in [2.05, 4.69) is 57.4 Å². The number of halogens is 1. The van der Waals surface area contributed by atoms with Gasteiger partial charge in [-0.05, 0) is 53.2 Å². The molecule has 88 valence electrons. The topological polar surface area (TPSA) is 24.9 Å². The number of hydrogen-bond acceptors (Lipinski definition) is 2. The Kier molecular flexibility index (Phi) is 3.92. The maximum atomic E-state index is 4.46. The molecule has 0 aliphatic rings. The number of aryl methyl sites for hydroxylation is 1. The molecule has 1 aromatic heterocycles. The first-order valence-corrected chi connectivity index (χ1v) is 6.36. The van der Waals surface area contributed by atoms with Gasteiger partial charge in [0, 0.05) is 10.7 Å². The molecular weight excluding hydrogens is 276 g/mol. The second kappa shape index (κ2) is 5.43. The Hall–Kier alpha value is -1.19. The molecule has 2 rings (SSSR count). The number of rotatable bonds is 3. The second-order valence-corrected chi connectivity index (χ2v) is 4.80. The molecule has 17 heavy (non-hydrogen) atoms. The van der Waals surface area contributed by atoms with E-state index in [1.54, 1.807) is 0 Å². The molecule has 0 amide bonds. The van der Waals surface area contributed by atoms with Crippen LogP contribution in [0.4, 0.5) is 0 Å². The summed E-state index contributed by atoms with van der Waals surface area (Å²) in [6, 6.07) is 12.4. The largest absolute Gasteiger partial charge is 0.308 e. The fourth-order valence-corrected chi connectivity index (χ4v) is 2.44. The number of hydrogen-bond donors (Lipinski definition) is 1. The summed E-state index contributed by atoms with van der Waals surface area (Å²) in [6.45, 7) is 2.12. The highest BCUT2D eigenvalue weighted by atomic mass is 79.9. The van der Waals surface area contributed by atoms with Crippen LogP contribution in [0.15, 0.2) is 47.1 Å². The first-order valence-electron chi connectivity index (χ1n) is 5.57. The van der Waals surface area contributed by atoms with E-state index >= 15 is 0 Å². The zero-order valence-electron chi connectivity index (χ0n) is 9.94. The molecule has 1 aromatic carbocycles. The first kappa shape index (κ1) is 12.3. The quantitative estimate of drug-likeness (QED) is 0.936. The number of nitrogens with one attached hydrogen (secondary N) is 1. The maximum absolute atomic E-state index is 4.46. The van der Waals surface area contributed by atoms with Crippen LogP contribution in [0.2, 0.25) is 0 Å². The van der Waals surface area contributed by atoms with Gasteiger partial charge in [-0.1, -0.05) is 24.3 Å². The zero-order valence-corrected chi connectivity index (χ0v) is 11.5. The lowest BCUT2D eigenvalue weighted by Gasteiger charge is -2.19. The number of nitrogens with zero attached hydrogens (tertiary/aromatic N) is 1. The van der Waals surface area contributed by atoms with Crippen molar-refractivity contribution in [2.75, 3.05) is 7.05 Å². The van der Waals surface area contributed by atoms with Crippen molar-refractivity contribution in [2.45, 2.75) is 13.0 Å². The number of aromatic nitrogens is 1. The molecule has 0 saturated heterocycles. The molecule has 0 radical (unpaired) electrons. The van der Waals surface area contributed by atoms with Gasteiger partial charge in [0.2, 0.25) is 0 Å². The van der Waals surface area contributed by atoms with Gasteiger partial charge in [0.1, 0.15) is 0 Å². The summed E-state index contributed by atoms with van der Waals surface area (Å²) in [7, 11) is 1.96. The first-order chi connectivity index (χ1) is 8.24. The van der Waals surface area contributed by atoms with Gasteiger partial charge in [-0.15, -0.1) is 0 Å². The van der Waals surface area contributed by atoms with Crippen LogP contribution in [0.1, 0.15) is 22.9 Å². The monoisotopic (exact) mass is 290 g/mol. The number of benzene rings is 1. The van der Waals surface area contributed by atoms with Crippen molar-refractivity contribution in [3.05, 3.63) is 63.9 Å². The molecule has 1 unspecified atom stereocenters. The third-order valence-corrected chi connectivity index (χ3v) is 3.52. The van der Waals surface area contributed by atoms with E-state index in [9.17, 15) is 0 Å². The van der Waals surface area contributed by atoms with Crippen molar-refractivity contribution in [1.82, 2.24) is 10.3 Å².